The number of aromatic nitrogens is 2. The van der Waals surface area contributed by atoms with E-state index in [2.05, 4.69) is 36.8 Å². The van der Waals surface area contributed by atoms with Crippen LogP contribution in [-0.2, 0) is 5.41 Å². The lowest BCUT2D eigenvalue weighted by atomic mass is 9.85. The maximum Gasteiger partial charge on any atom is 0.356 e. The van der Waals surface area contributed by atoms with Crippen LogP contribution in [0.1, 0.15) is 42.4 Å². The van der Waals surface area contributed by atoms with E-state index in [1.165, 1.54) is 12.4 Å². The predicted molar refractivity (Wildman–Crippen MR) is 78.9 cm³/mol. The fourth-order valence-electron chi connectivity index (χ4n) is 1.93. The number of aromatic carboxylic acids is 1. The van der Waals surface area contributed by atoms with Gasteiger partial charge in [0.2, 0.25) is 5.88 Å². The summed E-state index contributed by atoms with van der Waals surface area (Å²) in [6.45, 7) is 8.29. The van der Waals surface area contributed by atoms with E-state index in [9.17, 15) is 4.79 Å². The summed E-state index contributed by atoms with van der Waals surface area (Å²) in [5.41, 5.74) is 1.93. The second-order valence-electron chi connectivity index (χ2n) is 5.90. The van der Waals surface area contributed by atoms with E-state index in [1.807, 2.05) is 19.1 Å². The summed E-state index contributed by atoms with van der Waals surface area (Å²) in [6, 6.07) is 5.87. The normalized spacial score (nSPS) is 11.2. The van der Waals surface area contributed by atoms with Crippen molar-refractivity contribution in [3.05, 3.63) is 47.4 Å². The maximum absolute atomic E-state index is 10.9. The Balaban J connectivity index is 2.40. The minimum atomic E-state index is -1.13. The summed E-state index contributed by atoms with van der Waals surface area (Å²) in [4.78, 5) is 18.7. The van der Waals surface area contributed by atoms with Crippen molar-refractivity contribution in [1.29, 1.82) is 0 Å². The van der Waals surface area contributed by atoms with Crippen molar-refractivity contribution in [2.75, 3.05) is 0 Å². The molecule has 0 amide bonds. The first-order valence-corrected chi connectivity index (χ1v) is 6.61. The van der Waals surface area contributed by atoms with Gasteiger partial charge in [-0.3, -0.25) is 4.98 Å². The molecule has 0 saturated carbocycles. The highest BCUT2D eigenvalue weighted by Crippen LogP contribution is 2.34. The zero-order chi connectivity index (χ0) is 15.6. The van der Waals surface area contributed by atoms with Crippen molar-refractivity contribution in [3.8, 4) is 11.6 Å². The second-order valence-corrected chi connectivity index (χ2v) is 5.90. The van der Waals surface area contributed by atoms with Crippen LogP contribution in [0.3, 0.4) is 0 Å². The van der Waals surface area contributed by atoms with E-state index in [1.54, 1.807) is 0 Å². The van der Waals surface area contributed by atoms with Gasteiger partial charge in [-0.15, -0.1) is 0 Å². The smallest absolute Gasteiger partial charge is 0.356 e. The summed E-state index contributed by atoms with van der Waals surface area (Å²) in [6.07, 6.45) is 2.59. The molecule has 5 heteroatoms. The lowest BCUT2D eigenvalue weighted by Crippen LogP contribution is -2.13. The molecule has 21 heavy (non-hydrogen) atoms. The van der Waals surface area contributed by atoms with Crippen molar-refractivity contribution in [1.82, 2.24) is 9.97 Å². The van der Waals surface area contributed by atoms with Crippen LogP contribution in [0.25, 0.3) is 0 Å². The van der Waals surface area contributed by atoms with E-state index < -0.39 is 5.97 Å². The first kappa shape index (κ1) is 15.0. The van der Waals surface area contributed by atoms with Crippen LogP contribution in [-0.4, -0.2) is 21.0 Å². The van der Waals surface area contributed by atoms with E-state index in [0.29, 0.717) is 5.75 Å². The molecule has 1 N–H and O–H groups in total. The Kier molecular flexibility index (Phi) is 3.93. The average molecular weight is 286 g/mol. The number of nitrogens with zero attached hydrogens (tertiary/aromatic N) is 2. The number of ether oxygens (including phenoxy) is 1. The molecule has 0 unspecified atom stereocenters. The van der Waals surface area contributed by atoms with Crippen molar-refractivity contribution in [3.63, 3.8) is 0 Å². The Morgan fingerprint density at radius 1 is 1.24 bits per heavy atom. The van der Waals surface area contributed by atoms with Gasteiger partial charge in [-0.25, -0.2) is 9.78 Å². The Morgan fingerprint density at radius 3 is 2.57 bits per heavy atom. The Morgan fingerprint density at radius 2 is 1.95 bits per heavy atom. The Bertz CT molecular complexity index is 675. The lowest BCUT2D eigenvalue weighted by molar-refractivity contribution is 0.0689. The number of rotatable bonds is 3. The molecule has 0 atom stereocenters. The fourth-order valence-corrected chi connectivity index (χ4v) is 1.93. The van der Waals surface area contributed by atoms with E-state index in [0.717, 1.165) is 11.1 Å². The molecule has 1 heterocycles. The molecule has 110 valence electrons. The molecule has 5 nitrogen and oxygen atoms in total. The quantitative estimate of drug-likeness (QED) is 0.933. The van der Waals surface area contributed by atoms with Crippen LogP contribution in [0.4, 0.5) is 0 Å². The second kappa shape index (κ2) is 5.52. The van der Waals surface area contributed by atoms with Gasteiger partial charge in [0, 0.05) is 5.56 Å². The molecule has 2 aromatic rings. The molecular formula is C16H18N2O3. The average Bonchev–Trinajstić information content (AvgIpc) is 2.40. The summed E-state index contributed by atoms with van der Waals surface area (Å²) < 4.78 is 5.74. The fraction of sp³-hybridized carbons (Fsp3) is 0.312. The number of benzene rings is 1. The topological polar surface area (TPSA) is 72.3 Å². The number of carboxylic acid groups (broad SMARTS) is 1. The highest BCUT2D eigenvalue weighted by Gasteiger charge is 2.20. The third-order valence-corrected chi connectivity index (χ3v) is 2.99. The molecule has 0 saturated heterocycles. The van der Waals surface area contributed by atoms with Crippen molar-refractivity contribution in [2.45, 2.75) is 33.1 Å². The van der Waals surface area contributed by atoms with E-state index in [4.69, 9.17) is 9.84 Å². The van der Waals surface area contributed by atoms with Crippen LogP contribution in [0.15, 0.2) is 30.6 Å². The number of aryl methyl sites for hydroxylation is 1. The van der Waals surface area contributed by atoms with Gasteiger partial charge in [-0.1, -0.05) is 38.5 Å². The molecule has 0 radical (unpaired) electrons. The van der Waals surface area contributed by atoms with Crippen molar-refractivity contribution < 1.29 is 14.6 Å². The van der Waals surface area contributed by atoms with Crippen LogP contribution < -0.4 is 4.74 Å². The molecule has 0 fully saturated rings. The minimum absolute atomic E-state index is 0.0980. The standard InChI is InChI=1S/C16H18N2O3/c1-10-5-6-13(11(7-10)16(2,3)4)21-14-9-17-8-12(18-14)15(19)20/h5-9H,1-4H3,(H,19,20). The Labute approximate surface area is 123 Å². The summed E-state index contributed by atoms with van der Waals surface area (Å²) in [7, 11) is 0. The number of hydrogen-bond acceptors (Lipinski definition) is 4. The van der Waals surface area contributed by atoms with Gasteiger partial charge in [0.15, 0.2) is 5.69 Å². The molecule has 0 bridgehead atoms. The van der Waals surface area contributed by atoms with Crippen molar-refractivity contribution in [2.24, 2.45) is 0 Å². The number of carbonyl (C=O) groups is 1. The number of carboxylic acids is 1. The third kappa shape index (κ3) is 3.56. The molecule has 0 aliphatic rings. The Hall–Kier alpha value is -2.43. The first-order chi connectivity index (χ1) is 9.77. The number of hydrogen-bond donors (Lipinski definition) is 1. The third-order valence-electron chi connectivity index (χ3n) is 2.99. The monoisotopic (exact) mass is 286 g/mol. The zero-order valence-corrected chi connectivity index (χ0v) is 12.5. The van der Waals surface area contributed by atoms with Crippen LogP contribution in [0, 0.1) is 6.92 Å². The van der Waals surface area contributed by atoms with E-state index in [-0.39, 0.29) is 17.0 Å². The SMILES string of the molecule is Cc1ccc(Oc2cncc(C(=O)O)n2)c(C(C)(C)C)c1. The molecule has 1 aromatic carbocycles. The first-order valence-electron chi connectivity index (χ1n) is 6.61. The molecule has 0 aliphatic heterocycles. The van der Waals surface area contributed by atoms with Gasteiger partial charge in [0.05, 0.1) is 12.4 Å². The highest BCUT2D eigenvalue weighted by molar-refractivity contribution is 5.84. The minimum Gasteiger partial charge on any atom is -0.476 e. The molecule has 0 spiro atoms. The van der Waals surface area contributed by atoms with Crippen molar-refractivity contribution >= 4 is 5.97 Å². The predicted octanol–water partition coefficient (Wildman–Crippen LogP) is 3.57. The van der Waals surface area contributed by atoms with Gasteiger partial charge in [0.25, 0.3) is 0 Å². The molecule has 2 rings (SSSR count). The summed E-state index contributed by atoms with van der Waals surface area (Å²) in [5.74, 6) is -0.304. The molecular weight excluding hydrogens is 268 g/mol. The largest absolute Gasteiger partial charge is 0.476 e. The van der Waals surface area contributed by atoms with Crippen LogP contribution in [0.2, 0.25) is 0 Å². The summed E-state index contributed by atoms with van der Waals surface area (Å²) >= 11 is 0. The zero-order valence-electron chi connectivity index (χ0n) is 12.5. The van der Waals surface area contributed by atoms with Gasteiger partial charge >= 0.3 is 5.97 Å². The summed E-state index contributed by atoms with van der Waals surface area (Å²) in [5, 5.41) is 8.94. The van der Waals surface area contributed by atoms with Gasteiger partial charge in [-0.05, 0) is 18.4 Å². The van der Waals surface area contributed by atoms with Crippen LogP contribution >= 0.6 is 0 Å². The highest BCUT2D eigenvalue weighted by atomic mass is 16.5. The maximum atomic E-state index is 10.9. The van der Waals surface area contributed by atoms with Gasteiger partial charge in [0.1, 0.15) is 5.75 Å². The van der Waals surface area contributed by atoms with Crippen LogP contribution in [0.5, 0.6) is 11.6 Å². The van der Waals surface area contributed by atoms with E-state index >= 15 is 0 Å². The molecule has 0 aliphatic carbocycles. The van der Waals surface area contributed by atoms with Gasteiger partial charge < -0.3 is 9.84 Å². The molecule has 1 aromatic heterocycles. The lowest BCUT2D eigenvalue weighted by Gasteiger charge is -2.23. The van der Waals surface area contributed by atoms with Gasteiger partial charge in [-0.2, -0.15) is 0 Å².